The van der Waals surface area contributed by atoms with Crippen molar-refractivity contribution in [2.24, 2.45) is 7.05 Å². The lowest BCUT2D eigenvalue weighted by molar-refractivity contribution is -0.129. The molecule has 1 unspecified atom stereocenters. The number of benzene rings is 1. The van der Waals surface area contributed by atoms with Gasteiger partial charge in [-0.2, -0.15) is 0 Å². The predicted molar refractivity (Wildman–Crippen MR) is 80.3 cm³/mol. The Bertz CT molecular complexity index is 608. The molecule has 1 N–H and O–H groups in total. The van der Waals surface area contributed by atoms with Crippen LogP contribution in [0.2, 0.25) is 0 Å². The van der Waals surface area contributed by atoms with Crippen molar-refractivity contribution in [3.05, 3.63) is 54.1 Å². The van der Waals surface area contributed by atoms with Crippen LogP contribution < -0.4 is 5.32 Å². The Morgan fingerprint density at radius 3 is 2.86 bits per heavy atom. The SMILES string of the molecule is Cn1cncc1CNC1CCN(Cc2ccccc2)C1=O. The number of rotatable bonds is 5. The average Bonchev–Trinajstić information content (AvgIpc) is 3.06. The Hall–Kier alpha value is -2.14. The Morgan fingerprint density at radius 1 is 1.33 bits per heavy atom. The third-order valence-corrected chi connectivity index (χ3v) is 3.96. The van der Waals surface area contributed by atoms with Crippen LogP contribution in [-0.4, -0.2) is 32.9 Å². The fourth-order valence-corrected chi connectivity index (χ4v) is 2.67. The number of carbonyl (C=O) groups excluding carboxylic acids is 1. The lowest BCUT2D eigenvalue weighted by Gasteiger charge is -2.17. The minimum atomic E-state index is -0.0800. The van der Waals surface area contributed by atoms with Gasteiger partial charge in [0, 0.05) is 32.9 Å². The van der Waals surface area contributed by atoms with Crippen molar-refractivity contribution in [1.29, 1.82) is 0 Å². The zero-order valence-corrected chi connectivity index (χ0v) is 12.2. The van der Waals surface area contributed by atoms with Gasteiger partial charge in [0.05, 0.1) is 18.1 Å². The van der Waals surface area contributed by atoms with Crippen LogP contribution in [0.15, 0.2) is 42.9 Å². The van der Waals surface area contributed by atoms with Gasteiger partial charge in [0.25, 0.3) is 0 Å². The quantitative estimate of drug-likeness (QED) is 0.900. The number of hydrogen-bond donors (Lipinski definition) is 1. The molecule has 1 fully saturated rings. The summed E-state index contributed by atoms with van der Waals surface area (Å²) >= 11 is 0. The Morgan fingerprint density at radius 2 is 2.14 bits per heavy atom. The highest BCUT2D eigenvalue weighted by atomic mass is 16.2. The molecule has 2 aromatic rings. The van der Waals surface area contributed by atoms with Crippen molar-refractivity contribution in [3.63, 3.8) is 0 Å². The van der Waals surface area contributed by atoms with E-state index in [1.165, 1.54) is 5.56 Å². The molecule has 1 amide bonds. The van der Waals surface area contributed by atoms with E-state index in [9.17, 15) is 4.79 Å². The summed E-state index contributed by atoms with van der Waals surface area (Å²) in [6.45, 7) is 2.19. The zero-order valence-electron chi connectivity index (χ0n) is 12.2. The second-order valence-corrected chi connectivity index (χ2v) is 5.46. The highest BCUT2D eigenvalue weighted by Gasteiger charge is 2.31. The van der Waals surface area contributed by atoms with Crippen LogP contribution in [0.4, 0.5) is 0 Å². The first-order valence-corrected chi connectivity index (χ1v) is 7.25. The van der Waals surface area contributed by atoms with E-state index < -0.39 is 0 Å². The number of nitrogens with zero attached hydrogens (tertiary/aromatic N) is 3. The Labute approximate surface area is 124 Å². The molecular formula is C16H20N4O. The molecule has 0 radical (unpaired) electrons. The second-order valence-electron chi connectivity index (χ2n) is 5.46. The zero-order chi connectivity index (χ0) is 14.7. The van der Waals surface area contributed by atoms with Crippen molar-refractivity contribution in [2.45, 2.75) is 25.6 Å². The van der Waals surface area contributed by atoms with Crippen molar-refractivity contribution < 1.29 is 4.79 Å². The molecule has 0 spiro atoms. The van der Waals surface area contributed by atoms with Crippen LogP contribution in [0, 0.1) is 0 Å². The van der Waals surface area contributed by atoms with Crippen LogP contribution in [0.3, 0.4) is 0 Å². The Kier molecular flexibility index (Phi) is 4.01. The van der Waals surface area contributed by atoms with E-state index in [4.69, 9.17) is 0 Å². The van der Waals surface area contributed by atoms with Crippen LogP contribution in [0.25, 0.3) is 0 Å². The molecule has 1 atom stereocenters. The van der Waals surface area contributed by atoms with Crippen molar-refractivity contribution >= 4 is 5.91 Å². The van der Waals surface area contributed by atoms with Gasteiger partial charge in [0.15, 0.2) is 0 Å². The molecule has 3 rings (SSSR count). The number of aryl methyl sites for hydroxylation is 1. The van der Waals surface area contributed by atoms with Gasteiger partial charge in [-0.25, -0.2) is 4.98 Å². The number of imidazole rings is 1. The van der Waals surface area contributed by atoms with Gasteiger partial charge in [-0.15, -0.1) is 0 Å². The molecule has 0 saturated carbocycles. The van der Waals surface area contributed by atoms with Gasteiger partial charge in [0.2, 0.25) is 5.91 Å². The number of nitrogens with one attached hydrogen (secondary N) is 1. The average molecular weight is 284 g/mol. The molecule has 1 aromatic heterocycles. The monoisotopic (exact) mass is 284 g/mol. The molecule has 110 valence electrons. The van der Waals surface area contributed by atoms with E-state index >= 15 is 0 Å². The highest BCUT2D eigenvalue weighted by Crippen LogP contribution is 2.15. The van der Waals surface area contributed by atoms with E-state index in [-0.39, 0.29) is 11.9 Å². The van der Waals surface area contributed by atoms with Crippen molar-refractivity contribution in [1.82, 2.24) is 19.8 Å². The van der Waals surface area contributed by atoms with Crippen LogP contribution >= 0.6 is 0 Å². The summed E-state index contributed by atoms with van der Waals surface area (Å²) in [5.74, 6) is 0.195. The summed E-state index contributed by atoms with van der Waals surface area (Å²) in [7, 11) is 1.96. The highest BCUT2D eigenvalue weighted by molar-refractivity contribution is 5.83. The molecule has 1 aliphatic rings. The van der Waals surface area contributed by atoms with Gasteiger partial charge in [-0.1, -0.05) is 30.3 Å². The third-order valence-electron chi connectivity index (χ3n) is 3.96. The minimum Gasteiger partial charge on any atom is -0.337 e. The molecule has 0 bridgehead atoms. The Balaban J connectivity index is 1.55. The van der Waals surface area contributed by atoms with Crippen LogP contribution in [-0.2, 0) is 24.9 Å². The summed E-state index contributed by atoms with van der Waals surface area (Å²) in [4.78, 5) is 18.4. The maximum Gasteiger partial charge on any atom is 0.240 e. The summed E-state index contributed by atoms with van der Waals surface area (Å²) < 4.78 is 1.97. The summed E-state index contributed by atoms with van der Waals surface area (Å²) in [6.07, 6.45) is 4.47. The van der Waals surface area contributed by atoms with Crippen molar-refractivity contribution in [3.8, 4) is 0 Å². The first kappa shape index (κ1) is 13.8. The van der Waals surface area contributed by atoms with E-state index in [1.54, 1.807) is 6.33 Å². The van der Waals surface area contributed by atoms with Gasteiger partial charge in [-0.3, -0.25) is 4.79 Å². The molecule has 0 aliphatic carbocycles. The maximum absolute atomic E-state index is 12.4. The molecule has 5 heteroatoms. The maximum atomic E-state index is 12.4. The lowest BCUT2D eigenvalue weighted by atomic mass is 10.2. The smallest absolute Gasteiger partial charge is 0.240 e. The van der Waals surface area contributed by atoms with Gasteiger partial charge in [0.1, 0.15) is 0 Å². The fraction of sp³-hybridized carbons (Fsp3) is 0.375. The van der Waals surface area contributed by atoms with Crippen molar-refractivity contribution in [2.75, 3.05) is 6.54 Å². The third kappa shape index (κ3) is 3.13. The van der Waals surface area contributed by atoms with Gasteiger partial charge < -0.3 is 14.8 Å². The largest absolute Gasteiger partial charge is 0.337 e. The molecular weight excluding hydrogens is 264 g/mol. The second kappa shape index (κ2) is 6.10. The molecule has 5 nitrogen and oxygen atoms in total. The number of carbonyl (C=O) groups is 1. The standard InChI is InChI=1S/C16H20N4O/c1-19-12-17-9-14(19)10-18-15-7-8-20(16(15)21)11-13-5-3-2-4-6-13/h2-6,9,12,15,18H,7-8,10-11H2,1H3. The molecule has 2 heterocycles. The molecule has 1 aromatic carbocycles. The van der Waals surface area contributed by atoms with E-state index in [2.05, 4.69) is 22.4 Å². The summed E-state index contributed by atoms with van der Waals surface area (Å²) in [6, 6.07) is 10.0. The fourth-order valence-electron chi connectivity index (χ4n) is 2.67. The number of hydrogen-bond acceptors (Lipinski definition) is 3. The van der Waals surface area contributed by atoms with Crippen LogP contribution in [0.1, 0.15) is 17.7 Å². The van der Waals surface area contributed by atoms with Gasteiger partial charge in [-0.05, 0) is 12.0 Å². The topological polar surface area (TPSA) is 50.2 Å². The first-order valence-electron chi connectivity index (χ1n) is 7.25. The molecule has 1 aliphatic heterocycles. The molecule has 1 saturated heterocycles. The van der Waals surface area contributed by atoms with E-state index in [0.29, 0.717) is 13.1 Å². The van der Waals surface area contributed by atoms with Gasteiger partial charge >= 0.3 is 0 Å². The number of likely N-dealkylation sites (tertiary alicyclic amines) is 1. The molecule has 21 heavy (non-hydrogen) atoms. The first-order chi connectivity index (χ1) is 10.2. The number of amides is 1. The minimum absolute atomic E-state index is 0.0800. The number of aromatic nitrogens is 2. The summed E-state index contributed by atoms with van der Waals surface area (Å²) in [5, 5.41) is 3.34. The predicted octanol–water partition coefficient (Wildman–Crippen LogP) is 1.31. The summed E-state index contributed by atoms with van der Waals surface area (Å²) in [5.41, 5.74) is 2.27. The van der Waals surface area contributed by atoms with E-state index in [0.717, 1.165) is 18.7 Å². The lowest BCUT2D eigenvalue weighted by Crippen LogP contribution is -2.37. The normalized spacial score (nSPS) is 18.4. The van der Waals surface area contributed by atoms with Crippen LogP contribution in [0.5, 0.6) is 0 Å². The van der Waals surface area contributed by atoms with E-state index in [1.807, 2.05) is 40.9 Å².